The predicted octanol–water partition coefficient (Wildman–Crippen LogP) is -0.0690. The third-order valence-corrected chi connectivity index (χ3v) is 1.11. The largest absolute Gasteiger partial charge is 0.296 e. The highest BCUT2D eigenvalue weighted by molar-refractivity contribution is 6.16. The summed E-state index contributed by atoms with van der Waals surface area (Å²) >= 11 is 0. The van der Waals surface area contributed by atoms with E-state index in [4.69, 9.17) is 0 Å². The van der Waals surface area contributed by atoms with E-state index in [1.807, 2.05) is 13.8 Å². The van der Waals surface area contributed by atoms with E-state index in [0.29, 0.717) is 0 Å². The first-order valence-electron chi connectivity index (χ1n) is 3.49. The molecule has 1 heterocycles. The normalized spacial score (nSPS) is 15.0. The SMILES string of the molecule is CCN=C1NC(=NCC)N1. The monoisotopic (exact) mass is 140 g/mol. The van der Waals surface area contributed by atoms with Crippen LogP contribution in [0.15, 0.2) is 9.98 Å². The summed E-state index contributed by atoms with van der Waals surface area (Å²) in [6, 6.07) is 0. The third kappa shape index (κ3) is 1.46. The molecule has 2 N–H and O–H groups in total. The van der Waals surface area contributed by atoms with E-state index in [0.717, 1.165) is 25.0 Å². The van der Waals surface area contributed by atoms with Gasteiger partial charge in [0.2, 0.25) is 11.9 Å². The minimum Gasteiger partial charge on any atom is -0.296 e. The zero-order valence-corrected chi connectivity index (χ0v) is 6.31. The summed E-state index contributed by atoms with van der Waals surface area (Å²) in [5.41, 5.74) is 0. The maximum atomic E-state index is 4.08. The van der Waals surface area contributed by atoms with Crippen molar-refractivity contribution < 1.29 is 0 Å². The van der Waals surface area contributed by atoms with E-state index >= 15 is 0 Å². The fourth-order valence-electron chi connectivity index (χ4n) is 0.699. The van der Waals surface area contributed by atoms with Gasteiger partial charge in [-0.05, 0) is 13.8 Å². The molecule has 4 heteroatoms. The molecule has 10 heavy (non-hydrogen) atoms. The molecule has 0 aliphatic carbocycles. The molecule has 56 valence electrons. The Hall–Kier alpha value is -1.06. The van der Waals surface area contributed by atoms with Crippen LogP contribution in [0.3, 0.4) is 0 Å². The summed E-state index contributed by atoms with van der Waals surface area (Å²) in [5.74, 6) is 1.66. The van der Waals surface area contributed by atoms with Crippen LogP contribution in [-0.4, -0.2) is 25.0 Å². The van der Waals surface area contributed by atoms with Gasteiger partial charge in [-0.2, -0.15) is 0 Å². The molecule has 0 spiro atoms. The van der Waals surface area contributed by atoms with Gasteiger partial charge >= 0.3 is 0 Å². The van der Waals surface area contributed by atoms with Crippen molar-refractivity contribution in [3.63, 3.8) is 0 Å². The molecule has 1 rings (SSSR count). The Balaban J connectivity index is 2.30. The van der Waals surface area contributed by atoms with Crippen LogP contribution >= 0.6 is 0 Å². The van der Waals surface area contributed by atoms with Crippen molar-refractivity contribution in [3.05, 3.63) is 0 Å². The summed E-state index contributed by atoms with van der Waals surface area (Å²) in [6.07, 6.45) is 0. The van der Waals surface area contributed by atoms with Crippen LogP contribution in [-0.2, 0) is 0 Å². The lowest BCUT2D eigenvalue weighted by Gasteiger charge is -2.22. The topological polar surface area (TPSA) is 48.8 Å². The molecule has 0 amide bonds. The molecular weight excluding hydrogens is 128 g/mol. The van der Waals surface area contributed by atoms with Crippen LogP contribution in [0.1, 0.15) is 13.8 Å². The van der Waals surface area contributed by atoms with Gasteiger partial charge in [0.1, 0.15) is 0 Å². The number of rotatable bonds is 2. The highest BCUT2D eigenvalue weighted by Crippen LogP contribution is 1.83. The molecule has 0 aromatic heterocycles. The molecule has 1 aliphatic heterocycles. The Morgan fingerprint density at radius 3 is 1.70 bits per heavy atom. The van der Waals surface area contributed by atoms with Crippen LogP contribution in [0.5, 0.6) is 0 Å². The van der Waals surface area contributed by atoms with Crippen molar-refractivity contribution in [2.24, 2.45) is 9.98 Å². The minimum absolute atomic E-state index is 0.800. The third-order valence-electron chi connectivity index (χ3n) is 1.11. The second kappa shape index (κ2) is 3.20. The van der Waals surface area contributed by atoms with Gasteiger partial charge in [-0.3, -0.25) is 20.6 Å². The molecule has 0 radical (unpaired) electrons. The number of aliphatic imine (C=N–C) groups is 2. The van der Waals surface area contributed by atoms with Crippen LogP contribution in [0.4, 0.5) is 0 Å². The number of nitrogens with zero attached hydrogens (tertiary/aromatic N) is 2. The Labute approximate surface area is 60.4 Å². The molecule has 1 fully saturated rings. The van der Waals surface area contributed by atoms with Crippen molar-refractivity contribution in [1.82, 2.24) is 10.6 Å². The Morgan fingerprint density at radius 1 is 1.00 bits per heavy atom. The maximum absolute atomic E-state index is 4.08. The molecule has 0 atom stereocenters. The van der Waals surface area contributed by atoms with Crippen molar-refractivity contribution >= 4 is 11.9 Å². The zero-order chi connectivity index (χ0) is 7.40. The van der Waals surface area contributed by atoms with Gasteiger partial charge < -0.3 is 0 Å². The number of hydrogen-bond acceptors (Lipinski definition) is 2. The lowest BCUT2D eigenvalue weighted by molar-refractivity contribution is 0.947. The van der Waals surface area contributed by atoms with Crippen LogP contribution < -0.4 is 10.6 Å². The van der Waals surface area contributed by atoms with Gasteiger partial charge in [0.05, 0.1) is 0 Å². The van der Waals surface area contributed by atoms with E-state index < -0.39 is 0 Å². The smallest absolute Gasteiger partial charge is 0.204 e. The van der Waals surface area contributed by atoms with Crippen LogP contribution in [0.2, 0.25) is 0 Å². The van der Waals surface area contributed by atoms with E-state index in [1.165, 1.54) is 0 Å². The highest BCUT2D eigenvalue weighted by atomic mass is 15.4. The summed E-state index contributed by atoms with van der Waals surface area (Å²) < 4.78 is 0. The average Bonchev–Trinajstić information content (AvgIpc) is 1.84. The Kier molecular flexibility index (Phi) is 2.25. The molecule has 4 nitrogen and oxygen atoms in total. The first-order valence-corrected chi connectivity index (χ1v) is 3.49. The van der Waals surface area contributed by atoms with Gasteiger partial charge in [-0.25, -0.2) is 0 Å². The van der Waals surface area contributed by atoms with E-state index in [2.05, 4.69) is 20.6 Å². The number of nitrogens with one attached hydrogen (secondary N) is 2. The molecule has 0 bridgehead atoms. The van der Waals surface area contributed by atoms with E-state index in [-0.39, 0.29) is 0 Å². The molecule has 1 saturated heterocycles. The fourth-order valence-corrected chi connectivity index (χ4v) is 0.699. The fraction of sp³-hybridized carbons (Fsp3) is 0.667. The van der Waals surface area contributed by atoms with Crippen molar-refractivity contribution in [2.45, 2.75) is 13.8 Å². The second-order valence-corrected chi connectivity index (χ2v) is 1.90. The molecular formula is C6H12N4. The standard InChI is InChI=1S/C6H12N4/c1-3-7-5-9-6(10-5)8-4-2/h3-4H2,1-2H3,(H2,7,8,9,10). The van der Waals surface area contributed by atoms with Gasteiger partial charge in [0.15, 0.2) is 0 Å². The number of hydrogen-bond donors (Lipinski definition) is 2. The first kappa shape index (κ1) is 7.05. The lowest BCUT2D eigenvalue weighted by atomic mass is 10.6. The molecule has 0 unspecified atom stereocenters. The lowest BCUT2D eigenvalue weighted by Crippen LogP contribution is -2.60. The molecule has 0 aromatic carbocycles. The minimum atomic E-state index is 0.800. The van der Waals surface area contributed by atoms with Crippen molar-refractivity contribution in [3.8, 4) is 0 Å². The van der Waals surface area contributed by atoms with Gasteiger partial charge in [-0.1, -0.05) is 0 Å². The summed E-state index contributed by atoms with van der Waals surface area (Å²) in [4.78, 5) is 8.15. The Bertz CT molecular complexity index is 143. The molecule has 1 aliphatic rings. The van der Waals surface area contributed by atoms with E-state index in [9.17, 15) is 0 Å². The average molecular weight is 140 g/mol. The number of guanidine groups is 2. The highest BCUT2D eigenvalue weighted by Gasteiger charge is 2.14. The second-order valence-electron chi connectivity index (χ2n) is 1.90. The quantitative estimate of drug-likeness (QED) is 0.564. The molecule has 0 saturated carbocycles. The van der Waals surface area contributed by atoms with Crippen LogP contribution in [0, 0.1) is 0 Å². The van der Waals surface area contributed by atoms with E-state index in [1.54, 1.807) is 0 Å². The summed E-state index contributed by atoms with van der Waals surface area (Å²) in [7, 11) is 0. The van der Waals surface area contributed by atoms with Gasteiger partial charge in [0, 0.05) is 13.1 Å². The summed E-state index contributed by atoms with van der Waals surface area (Å²) in [5, 5.41) is 5.94. The Morgan fingerprint density at radius 2 is 1.40 bits per heavy atom. The predicted molar refractivity (Wildman–Crippen MR) is 42.2 cm³/mol. The van der Waals surface area contributed by atoms with Crippen molar-refractivity contribution in [1.29, 1.82) is 0 Å². The van der Waals surface area contributed by atoms with Gasteiger partial charge in [-0.15, -0.1) is 0 Å². The maximum Gasteiger partial charge on any atom is 0.204 e. The zero-order valence-electron chi connectivity index (χ0n) is 6.31. The van der Waals surface area contributed by atoms with Gasteiger partial charge in [0.25, 0.3) is 0 Å². The summed E-state index contributed by atoms with van der Waals surface area (Å²) in [6.45, 7) is 5.58. The first-order chi connectivity index (χ1) is 4.86. The molecule has 0 aromatic rings. The van der Waals surface area contributed by atoms with Crippen molar-refractivity contribution in [2.75, 3.05) is 13.1 Å². The van der Waals surface area contributed by atoms with Crippen LogP contribution in [0.25, 0.3) is 0 Å².